The van der Waals surface area contributed by atoms with Crippen molar-refractivity contribution in [3.63, 3.8) is 0 Å². The number of nitrogens with one attached hydrogen (secondary N) is 1. The Morgan fingerprint density at radius 3 is 2.91 bits per heavy atom. The second-order valence-corrected chi connectivity index (χ2v) is 6.24. The topological polar surface area (TPSA) is 41.6 Å². The fourth-order valence-electron chi connectivity index (χ4n) is 3.00. The molecule has 0 aliphatic carbocycles. The van der Waals surface area contributed by atoms with E-state index in [4.69, 9.17) is 4.74 Å². The number of para-hydroxylation sites is 1. The van der Waals surface area contributed by atoms with E-state index in [1.165, 1.54) is 19.4 Å². The summed E-state index contributed by atoms with van der Waals surface area (Å²) in [6, 6.07) is 8.01. The maximum Gasteiger partial charge on any atom is 0.255 e. The van der Waals surface area contributed by atoms with Crippen molar-refractivity contribution in [3.05, 3.63) is 29.8 Å². The first-order valence-electron chi connectivity index (χ1n) is 8.36. The van der Waals surface area contributed by atoms with Crippen LogP contribution in [-0.4, -0.2) is 43.1 Å². The number of piperidine rings is 1. The predicted octanol–water partition coefficient (Wildman–Crippen LogP) is 2.94. The van der Waals surface area contributed by atoms with E-state index in [9.17, 15) is 4.79 Å². The molecule has 4 nitrogen and oxygen atoms in total. The van der Waals surface area contributed by atoms with Gasteiger partial charge in [-0.05, 0) is 58.2 Å². The molecule has 0 spiro atoms. The van der Waals surface area contributed by atoms with Crippen LogP contribution >= 0.6 is 0 Å². The van der Waals surface area contributed by atoms with Gasteiger partial charge in [-0.2, -0.15) is 0 Å². The van der Waals surface area contributed by atoms with Crippen LogP contribution in [0, 0.1) is 5.92 Å². The standard InChI is InChI=1S/C18H28N2O2/c1-4-22-17-10-6-5-9-16(17)18(21)19-12-15-8-7-11-20(13-15)14(2)3/h5-6,9-10,14-15H,4,7-8,11-13H2,1-3H3,(H,19,21). The summed E-state index contributed by atoms with van der Waals surface area (Å²) >= 11 is 0. The highest BCUT2D eigenvalue weighted by atomic mass is 16.5. The molecule has 1 atom stereocenters. The second-order valence-electron chi connectivity index (χ2n) is 6.24. The van der Waals surface area contributed by atoms with E-state index in [0.29, 0.717) is 29.9 Å². The van der Waals surface area contributed by atoms with Gasteiger partial charge in [-0.25, -0.2) is 0 Å². The number of ether oxygens (including phenoxy) is 1. The Labute approximate surface area is 133 Å². The van der Waals surface area contributed by atoms with Gasteiger partial charge in [0.2, 0.25) is 0 Å². The summed E-state index contributed by atoms with van der Waals surface area (Å²) in [7, 11) is 0. The van der Waals surface area contributed by atoms with Gasteiger partial charge in [-0.1, -0.05) is 12.1 Å². The van der Waals surface area contributed by atoms with Gasteiger partial charge >= 0.3 is 0 Å². The molecule has 0 radical (unpaired) electrons. The molecule has 4 heteroatoms. The van der Waals surface area contributed by atoms with Crippen molar-refractivity contribution >= 4 is 5.91 Å². The average Bonchev–Trinajstić information content (AvgIpc) is 2.53. The number of hydrogen-bond donors (Lipinski definition) is 1. The number of hydrogen-bond acceptors (Lipinski definition) is 3. The quantitative estimate of drug-likeness (QED) is 0.878. The number of carbonyl (C=O) groups excluding carboxylic acids is 1. The van der Waals surface area contributed by atoms with Gasteiger partial charge in [-0.15, -0.1) is 0 Å². The van der Waals surface area contributed by atoms with E-state index in [2.05, 4.69) is 24.1 Å². The minimum atomic E-state index is -0.0364. The summed E-state index contributed by atoms with van der Waals surface area (Å²) in [5.41, 5.74) is 0.626. The molecule has 1 unspecified atom stereocenters. The molecule has 2 rings (SSSR count). The van der Waals surface area contributed by atoms with Crippen LogP contribution in [0.2, 0.25) is 0 Å². The SMILES string of the molecule is CCOc1ccccc1C(=O)NCC1CCCN(C(C)C)C1. The molecule has 0 bridgehead atoms. The largest absolute Gasteiger partial charge is 0.493 e. The Balaban J connectivity index is 1.90. The third kappa shape index (κ3) is 4.47. The molecule has 1 aromatic rings. The number of carbonyl (C=O) groups is 1. The first-order valence-corrected chi connectivity index (χ1v) is 8.36. The van der Waals surface area contributed by atoms with Crippen molar-refractivity contribution in [1.82, 2.24) is 10.2 Å². The van der Waals surface area contributed by atoms with Crippen LogP contribution in [0.4, 0.5) is 0 Å². The first kappa shape index (κ1) is 16.8. The molecule has 1 amide bonds. The molecular formula is C18H28N2O2. The van der Waals surface area contributed by atoms with Gasteiger partial charge in [0.25, 0.3) is 5.91 Å². The predicted molar refractivity (Wildman–Crippen MR) is 89.4 cm³/mol. The number of likely N-dealkylation sites (tertiary alicyclic amines) is 1. The Morgan fingerprint density at radius 1 is 1.41 bits per heavy atom. The molecule has 1 fully saturated rings. The molecule has 122 valence electrons. The van der Waals surface area contributed by atoms with E-state index < -0.39 is 0 Å². The van der Waals surface area contributed by atoms with Crippen molar-refractivity contribution in [2.24, 2.45) is 5.92 Å². The Bertz CT molecular complexity index is 488. The van der Waals surface area contributed by atoms with Gasteiger partial charge in [0.1, 0.15) is 5.75 Å². The maximum absolute atomic E-state index is 12.4. The fraction of sp³-hybridized carbons (Fsp3) is 0.611. The van der Waals surface area contributed by atoms with Gasteiger partial charge in [-0.3, -0.25) is 4.79 Å². The molecule has 0 aromatic heterocycles. The molecule has 1 heterocycles. The fourth-order valence-corrected chi connectivity index (χ4v) is 3.00. The summed E-state index contributed by atoms with van der Waals surface area (Å²) in [6.45, 7) is 9.95. The molecule has 1 aliphatic rings. The number of nitrogens with zero attached hydrogens (tertiary/aromatic N) is 1. The Kier molecular flexibility index (Phi) is 6.25. The van der Waals surface area contributed by atoms with E-state index >= 15 is 0 Å². The number of benzene rings is 1. The summed E-state index contributed by atoms with van der Waals surface area (Å²) < 4.78 is 5.53. The lowest BCUT2D eigenvalue weighted by atomic mass is 9.97. The van der Waals surface area contributed by atoms with Crippen LogP contribution < -0.4 is 10.1 Å². The number of rotatable bonds is 6. The zero-order chi connectivity index (χ0) is 15.9. The van der Waals surface area contributed by atoms with Crippen molar-refractivity contribution < 1.29 is 9.53 Å². The zero-order valence-electron chi connectivity index (χ0n) is 14.0. The van der Waals surface area contributed by atoms with E-state index in [1.54, 1.807) is 0 Å². The average molecular weight is 304 g/mol. The lowest BCUT2D eigenvalue weighted by molar-refractivity contribution is 0.0919. The van der Waals surface area contributed by atoms with E-state index in [0.717, 1.165) is 13.1 Å². The summed E-state index contributed by atoms with van der Waals surface area (Å²) in [6.07, 6.45) is 2.41. The van der Waals surface area contributed by atoms with E-state index in [-0.39, 0.29) is 5.91 Å². The maximum atomic E-state index is 12.4. The molecule has 1 aromatic carbocycles. The highest BCUT2D eigenvalue weighted by molar-refractivity contribution is 5.96. The second kappa shape index (κ2) is 8.18. The Hall–Kier alpha value is -1.55. The highest BCUT2D eigenvalue weighted by Crippen LogP contribution is 2.20. The monoisotopic (exact) mass is 304 g/mol. The first-order chi connectivity index (χ1) is 10.6. The third-order valence-electron chi connectivity index (χ3n) is 4.26. The lowest BCUT2D eigenvalue weighted by Gasteiger charge is -2.35. The minimum Gasteiger partial charge on any atom is -0.493 e. The molecule has 0 saturated carbocycles. The van der Waals surface area contributed by atoms with Gasteiger partial charge < -0.3 is 15.0 Å². The van der Waals surface area contributed by atoms with Crippen molar-refractivity contribution in [2.75, 3.05) is 26.2 Å². The van der Waals surface area contributed by atoms with Gasteiger partial charge in [0.15, 0.2) is 0 Å². The zero-order valence-corrected chi connectivity index (χ0v) is 14.0. The molecule has 1 saturated heterocycles. The van der Waals surface area contributed by atoms with Crippen LogP contribution in [0.3, 0.4) is 0 Å². The molecule has 22 heavy (non-hydrogen) atoms. The third-order valence-corrected chi connectivity index (χ3v) is 4.26. The smallest absolute Gasteiger partial charge is 0.255 e. The molecule has 1 N–H and O–H groups in total. The van der Waals surface area contributed by atoms with Crippen LogP contribution in [0.5, 0.6) is 5.75 Å². The van der Waals surface area contributed by atoms with Crippen LogP contribution in [0.25, 0.3) is 0 Å². The van der Waals surface area contributed by atoms with Gasteiger partial charge in [0.05, 0.1) is 12.2 Å². The van der Waals surface area contributed by atoms with Crippen LogP contribution in [-0.2, 0) is 0 Å². The molecule has 1 aliphatic heterocycles. The summed E-state index contributed by atoms with van der Waals surface area (Å²) in [5.74, 6) is 1.17. The summed E-state index contributed by atoms with van der Waals surface area (Å²) in [4.78, 5) is 14.9. The Morgan fingerprint density at radius 2 is 2.18 bits per heavy atom. The highest BCUT2D eigenvalue weighted by Gasteiger charge is 2.22. The number of amides is 1. The van der Waals surface area contributed by atoms with Gasteiger partial charge in [0, 0.05) is 19.1 Å². The molecular weight excluding hydrogens is 276 g/mol. The summed E-state index contributed by atoms with van der Waals surface area (Å²) in [5, 5.41) is 3.08. The van der Waals surface area contributed by atoms with Crippen molar-refractivity contribution in [1.29, 1.82) is 0 Å². The lowest BCUT2D eigenvalue weighted by Crippen LogP contribution is -2.43. The van der Waals surface area contributed by atoms with Crippen LogP contribution in [0.1, 0.15) is 44.0 Å². The van der Waals surface area contributed by atoms with Crippen molar-refractivity contribution in [2.45, 2.75) is 39.7 Å². The van der Waals surface area contributed by atoms with E-state index in [1.807, 2.05) is 31.2 Å². The van der Waals surface area contributed by atoms with Crippen LogP contribution in [0.15, 0.2) is 24.3 Å². The van der Waals surface area contributed by atoms with Crippen molar-refractivity contribution in [3.8, 4) is 5.75 Å². The normalized spacial score (nSPS) is 19.2. The minimum absolute atomic E-state index is 0.0364.